The van der Waals surface area contributed by atoms with Crippen molar-refractivity contribution in [2.24, 2.45) is 0 Å². The molecule has 0 aromatic carbocycles. The van der Waals surface area contributed by atoms with Crippen molar-refractivity contribution in [1.82, 2.24) is 10.6 Å². The molecule has 0 rings (SSSR count). The molecule has 193 valence electrons. The first-order valence-electron chi connectivity index (χ1n) is 8.82. The second-order valence-electron chi connectivity index (χ2n) is 9.45. The predicted octanol–water partition coefficient (Wildman–Crippen LogP) is 4.45. The molecule has 0 aromatic rings. The molecule has 1 radical (unpaired) electrons. The SMILES string of the molecule is CC(C)(C)[S-].CC(C)(C)[S-].CC(C)(C)[S-].CC(C)(C)[S-].CNC.CNC.[Mo+3].[Mo].[SH-].[SH-]. The van der Waals surface area contributed by atoms with Crippen molar-refractivity contribution >= 4 is 77.5 Å². The van der Waals surface area contributed by atoms with Gasteiger partial charge in [-0.2, -0.15) is 19.0 Å². The third kappa shape index (κ3) is 2510. The number of hydrogen-bond acceptors (Lipinski definition) is 8. The molecule has 0 aliphatic carbocycles. The van der Waals surface area contributed by atoms with Crippen LogP contribution in [0.4, 0.5) is 0 Å². The Morgan fingerprint density at radius 1 is 0.400 bits per heavy atom. The van der Waals surface area contributed by atoms with Crippen molar-refractivity contribution in [1.29, 1.82) is 0 Å². The van der Waals surface area contributed by atoms with Crippen molar-refractivity contribution in [2.45, 2.75) is 102 Å². The van der Waals surface area contributed by atoms with Crippen molar-refractivity contribution in [3.05, 3.63) is 0 Å². The van der Waals surface area contributed by atoms with E-state index in [1.165, 1.54) is 0 Å². The Labute approximate surface area is 258 Å². The van der Waals surface area contributed by atoms with Crippen molar-refractivity contribution < 1.29 is 42.1 Å². The molecule has 10 heteroatoms. The molecule has 0 saturated carbocycles. The standard InChI is InChI=1S/4C4H10S.2C2H7N.2Mo.2H2S/c4*1-4(2,3)5;2*1-3-2;;;;/h4*5H,1-3H3;2*3H,1-2H3;;;2*1H2/q;;;;;;;+3;;/p-6. The molecular weight excluding hydrogens is 653 g/mol. The zero-order valence-electron chi connectivity index (χ0n) is 22.3. The quantitative estimate of drug-likeness (QED) is 0.217. The van der Waals surface area contributed by atoms with Crippen LogP contribution >= 0.6 is 0 Å². The molecule has 0 bridgehead atoms. The Bertz CT molecular complexity index is 174. The molecule has 0 fully saturated rings. The maximum Gasteiger partial charge on any atom is 3.00 e. The van der Waals surface area contributed by atoms with Gasteiger partial charge in [-0.3, -0.25) is 0 Å². The van der Waals surface area contributed by atoms with E-state index in [1.807, 2.05) is 111 Å². The van der Waals surface area contributed by atoms with Gasteiger partial charge in [-0.05, 0) is 28.2 Å². The minimum Gasteiger partial charge on any atom is -0.813 e. The molecule has 0 aliphatic rings. The van der Waals surface area contributed by atoms with E-state index >= 15 is 0 Å². The molecule has 2 nitrogen and oxygen atoms in total. The zero-order valence-corrected chi connectivity index (χ0v) is 31.4. The van der Waals surface area contributed by atoms with E-state index < -0.39 is 0 Å². The van der Waals surface area contributed by atoms with Crippen LogP contribution in [0, 0.1) is 0 Å². The minimum atomic E-state index is 0. The molecule has 30 heavy (non-hydrogen) atoms. The summed E-state index contributed by atoms with van der Waals surface area (Å²) in [5, 5.41) is 5.50. The van der Waals surface area contributed by atoms with Crippen LogP contribution in [0.3, 0.4) is 0 Å². The molecule has 0 amide bonds. The Morgan fingerprint density at radius 3 is 0.400 bits per heavy atom. The van der Waals surface area contributed by atoms with Gasteiger partial charge in [-0.15, -0.1) is 0 Å². The van der Waals surface area contributed by atoms with Gasteiger partial charge in [-0.1, -0.05) is 83.1 Å². The van der Waals surface area contributed by atoms with Crippen LogP contribution in [0.25, 0.3) is 0 Å². The summed E-state index contributed by atoms with van der Waals surface area (Å²) < 4.78 is 0.333. The zero-order chi connectivity index (χ0) is 23.4. The second kappa shape index (κ2) is 37.0. The van der Waals surface area contributed by atoms with Gasteiger partial charge in [0.15, 0.2) is 0 Å². The van der Waals surface area contributed by atoms with E-state index in [-0.39, 0.29) is 88.1 Å². The Balaban J connectivity index is -0.0000000197. The number of hydrogen-bond donors (Lipinski definition) is 2. The van der Waals surface area contributed by atoms with Gasteiger partial charge in [0.2, 0.25) is 0 Å². The Kier molecular flexibility index (Phi) is 78.9. The van der Waals surface area contributed by atoms with Crippen LogP contribution < -0.4 is 10.6 Å². The van der Waals surface area contributed by atoms with E-state index in [0.717, 1.165) is 0 Å². The first kappa shape index (κ1) is 64.0. The summed E-state index contributed by atoms with van der Waals surface area (Å²) in [6.45, 7) is 24.0. The fourth-order valence-electron chi connectivity index (χ4n) is 0. The predicted molar refractivity (Wildman–Crippen MR) is 156 cm³/mol. The summed E-state index contributed by atoms with van der Waals surface area (Å²) in [6, 6.07) is 0. The first-order chi connectivity index (χ1) is 10.8. The maximum absolute atomic E-state index is 4.83. The minimum absolute atomic E-state index is 0. The van der Waals surface area contributed by atoms with Crippen molar-refractivity contribution in [2.75, 3.05) is 28.2 Å². The summed E-state index contributed by atoms with van der Waals surface area (Å²) in [6.07, 6.45) is 0. The Hall–Kier alpha value is 3.40. The largest absolute Gasteiger partial charge is 3.00 e. The van der Waals surface area contributed by atoms with Gasteiger partial charge < -0.3 is 88.1 Å². The van der Waals surface area contributed by atoms with Gasteiger partial charge >= 0.3 is 21.1 Å². The molecule has 0 spiro atoms. The molecule has 0 saturated heterocycles. The van der Waals surface area contributed by atoms with E-state index in [1.54, 1.807) is 0 Å². The molecule has 0 atom stereocenters. The summed E-state index contributed by atoms with van der Waals surface area (Å²) in [7, 11) is 7.50. The molecule has 0 heterocycles. The second-order valence-corrected chi connectivity index (χ2v) is 14.3. The van der Waals surface area contributed by atoms with Crippen molar-refractivity contribution in [3.63, 3.8) is 0 Å². The normalized spacial score (nSPS) is 9.20. The van der Waals surface area contributed by atoms with Gasteiger partial charge in [0.25, 0.3) is 0 Å². The van der Waals surface area contributed by atoms with E-state index in [2.05, 4.69) is 10.6 Å². The van der Waals surface area contributed by atoms with Crippen LogP contribution in [0.15, 0.2) is 0 Å². The van der Waals surface area contributed by atoms with Crippen LogP contribution in [0.5, 0.6) is 0 Å². The van der Waals surface area contributed by atoms with Crippen LogP contribution in [0.2, 0.25) is 0 Å². The number of nitrogens with one attached hydrogen (secondary N) is 2. The fourth-order valence-corrected chi connectivity index (χ4v) is 0. The van der Waals surface area contributed by atoms with Gasteiger partial charge in [0, 0.05) is 21.1 Å². The molecule has 0 aliphatic heterocycles. The average molecular weight is 705 g/mol. The van der Waals surface area contributed by atoms with Crippen LogP contribution in [0.1, 0.15) is 83.1 Å². The van der Waals surface area contributed by atoms with E-state index in [4.69, 9.17) is 50.5 Å². The first-order valence-corrected chi connectivity index (χ1v) is 10.4. The summed E-state index contributed by atoms with van der Waals surface area (Å²) >= 11 is 19.3. The van der Waals surface area contributed by atoms with Crippen LogP contribution in [-0.4, -0.2) is 47.2 Å². The molecule has 0 unspecified atom stereocenters. The smallest absolute Gasteiger partial charge is 0.813 e. The third-order valence-electron chi connectivity index (χ3n) is 0. The molecule has 0 aromatic heterocycles. The van der Waals surface area contributed by atoms with Gasteiger partial charge in [-0.25, -0.2) is 0 Å². The van der Waals surface area contributed by atoms with Gasteiger partial charge in [0.1, 0.15) is 0 Å². The number of rotatable bonds is 0. The average Bonchev–Trinajstić information content (AvgIpc) is 2.05. The van der Waals surface area contributed by atoms with E-state index in [9.17, 15) is 0 Å². The maximum atomic E-state index is 4.83. The molecule has 2 N–H and O–H groups in total. The van der Waals surface area contributed by atoms with Crippen LogP contribution in [-0.2, 0) is 120 Å². The van der Waals surface area contributed by atoms with E-state index in [0.29, 0.717) is 0 Å². The molecular formula is C20H52Mo2N2S6-3. The fraction of sp³-hybridized carbons (Fsp3) is 1.00. The third-order valence-corrected chi connectivity index (χ3v) is 0. The van der Waals surface area contributed by atoms with Crippen molar-refractivity contribution in [3.8, 4) is 0 Å². The Morgan fingerprint density at radius 2 is 0.400 bits per heavy atom. The monoisotopic (exact) mass is 708 g/mol. The number of thiol groups is 2. The topological polar surface area (TPSA) is 24.1 Å². The summed E-state index contributed by atoms with van der Waals surface area (Å²) in [5.41, 5.74) is 0. The summed E-state index contributed by atoms with van der Waals surface area (Å²) in [4.78, 5) is 0. The summed E-state index contributed by atoms with van der Waals surface area (Å²) in [5.74, 6) is 0. The van der Waals surface area contributed by atoms with Gasteiger partial charge in [0.05, 0.1) is 0 Å².